The first kappa shape index (κ1) is 23.1. The number of carbonyl (C=O) groups excluding carboxylic acids is 2. The van der Waals surface area contributed by atoms with Gasteiger partial charge in [0.2, 0.25) is 5.78 Å². The molecule has 0 radical (unpaired) electrons. The van der Waals surface area contributed by atoms with E-state index in [1.54, 1.807) is 12.3 Å². The van der Waals surface area contributed by atoms with Crippen molar-refractivity contribution in [3.05, 3.63) is 90.1 Å². The highest BCUT2D eigenvalue weighted by atomic mass is 19.4. The van der Waals surface area contributed by atoms with E-state index in [0.717, 1.165) is 11.1 Å². The maximum absolute atomic E-state index is 12.8. The number of ketones is 1. The molecule has 0 saturated heterocycles. The van der Waals surface area contributed by atoms with Gasteiger partial charge in [-0.1, -0.05) is 48.5 Å². The summed E-state index contributed by atoms with van der Waals surface area (Å²) in [6.07, 6.45) is -3.03. The van der Waals surface area contributed by atoms with Crippen LogP contribution in [-0.4, -0.2) is 29.3 Å². The van der Waals surface area contributed by atoms with Gasteiger partial charge in [0.05, 0.1) is 0 Å². The molecule has 4 aromatic rings. The molecule has 0 aliphatic heterocycles. The van der Waals surface area contributed by atoms with Crippen LogP contribution >= 0.6 is 0 Å². The maximum atomic E-state index is 12.8. The zero-order chi connectivity index (χ0) is 24.3. The van der Waals surface area contributed by atoms with Crippen LogP contribution in [0, 0.1) is 0 Å². The summed E-state index contributed by atoms with van der Waals surface area (Å²) in [5.74, 6) is -1.22. The Bertz CT molecular complexity index is 1330. The van der Waals surface area contributed by atoms with Crippen LogP contribution in [0.3, 0.4) is 0 Å². The highest BCUT2D eigenvalue weighted by Gasteiger charge is 2.31. The monoisotopic (exact) mass is 467 g/mol. The Hall–Kier alpha value is -4.07. The highest BCUT2D eigenvalue weighted by molar-refractivity contribution is 6.10. The number of hydrogen-bond donors (Lipinski definition) is 0. The summed E-state index contributed by atoms with van der Waals surface area (Å²) < 4.78 is 48.1. The Kier molecular flexibility index (Phi) is 6.40. The molecule has 0 fully saturated rings. The molecule has 8 heteroatoms. The lowest BCUT2D eigenvalue weighted by molar-refractivity contribution is -0.274. The number of benzene rings is 3. The van der Waals surface area contributed by atoms with E-state index < -0.39 is 12.3 Å². The van der Waals surface area contributed by atoms with Gasteiger partial charge in [-0.15, -0.1) is 13.2 Å². The minimum atomic E-state index is -4.76. The number of alkyl halides is 3. The van der Waals surface area contributed by atoms with Gasteiger partial charge >= 0.3 is 12.3 Å². The van der Waals surface area contributed by atoms with Crippen LogP contribution in [0.2, 0.25) is 0 Å². The molecule has 0 atom stereocenters. The van der Waals surface area contributed by atoms with Crippen molar-refractivity contribution in [2.45, 2.75) is 19.8 Å². The Morgan fingerprint density at radius 3 is 2.24 bits per heavy atom. The summed E-state index contributed by atoms with van der Waals surface area (Å²) in [7, 11) is 0. The van der Waals surface area contributed by atoms with Crippen LogP contribution in [0.4, 0.5) is 13.2 Å². The van der Waals surface area contributed by atoms with Crippen LogP contribution in [0.1, 0.15) is 22.8 Å². The molecule has 0 aliphatic rings. The van der Waals surface area contributed by atoms with Crippen molar-refractivity contribution in [2.75, 3.05) is 6.61 Å². The van der Waals surface area contributed by atoms with Crippen LogP contribution < -0.4 is 4.74 Å². The molecule has 0 unspecified atom stereocenters. The molecular formula is C26H20F3NO4. The number of fused-ring (bicyclic) bond motifs is 1. The number of rotatable bonds is 7. The predicted molar refractivity (Wildman–Crippen MR) is 121 cm³/mol. The second-order valence-electron chi connectivity index (χ2n) is 7.66. The quantitative estimate of drug-likeness (QED) is 0.247. The topological polar surface area (TPSA) is 57.5 Å². The molecule has 34 heavy (non-hydrogen) atoms. The molecule has 174 valence electrons. The van der Waals surface area contributed by atoms with E-state index in [1.165, 1.54) is 31.2 Å². The number of esters is 1. The first-order valence-corrected chi connectivity index (χ1v) is 10.4. The van der Waals surface area contributed by atoms with Crippen molar-refractivity contribution < 1.29 is 32.2 Å². The van der Waals surface area contributed by atoms with Crippen molar-refractivity contribution >= 4 is 22.7 Å². The zero-order valence-corrected chi connectivity index (χ0v) is 18.1. The van der Waals surface area contributed by atoms with Gasteiger partial charge in [-0.05, 0) is 41.0 Å². The largest absolute Gasteiger partial charge is 0.573 e. The molecule has 0 N–H and O–H groups in total. The maximum Gasteiger partial charge on any atom is 0.573 e. The average Bonchev–Trinajstić information content (AvgIpc) is 3.15. The number of Topliss-reactive ketones (excluding diaryl/α,β-unsaturated/α-hetero) is 1. The van der Waals surface area contributed by atoms with Crippen molar-refractivity contribution in [1.82, 2.24) is 4.57 Å². The second kappa shape index (κ2) is 9.43. The number of hydrogen-bond acceptors (Lipinski definition) is 4. The van der Waals surface area contributed by atoms with Gasteiger partial charge in [0, 0.05) is 36.1 Å². The van der Waals surface area contributed by atoms with Gasteiger partial charge in [-0.3, -0.25) is 9.59 Å². The van der Waals surface area contributed by atoms with Crippen molar-refractivity contribution in [1.29, 1.82) is 0 Å². The Balaban J connectivity index is 1.72. The molecule has 0 aliphatic carbocycles. The Morgan fingerprint density at radius 1 is 0.912 bits per heavy atom. The summed E-state index contributed by atoms with van der Waals surface area (Å²) in [5.41, 5.74) is 3.61. The third kappa shape index (κ3) is 5.46. The molecule has 0 amide bonds. The zero-order valence-electron chi connectivity index (χ0n) is 18.1. The minimum absolute atomic E-state index is 0.316. The van der Waals surface area contributed by atoms with Crippen molar-refractivity contribution in [3.63, 3.8) is 0 Å². The average molecular weight is 467 g/mol. The summed E-state index contributed by atoms with van der Waals surface area (Å²) in [4.78, 5) is 24.0. The third-order valence-corrected chi connectivity index (χ3v) is 5.20. The number of carbonyl (C=O) groups is 2. The van der Waals surface area contributed by atoms with Gasteiger partial charge in [-0.25, -0.2) is 0 Å². The molecule has 1 aromatic heterocycles. The van der Waals surface area contributed by atoms with Crippen molar-refractivity contribution in [2.24, 2.45) is 0 Å². The SMILES string of the molecule is CC(=O)OCC(=O)c1cn(Cc2ccccc2)c2ccc(-c3ccc(OC(F)(F)F)cc3)cc12. The fourth-order valence-electron chi connectivity index (χ4n) is 3.70. The first-order valence-electron chi connectivity index (χ1n) is 10.4. The predicted octanol–water partition coefficient (Wildman–Crippen LogP) is 6.00. The second-order valence-corrected chi connectivity index (χ2v) is 7.66. The lowest BCUT2D eigenvalue weighted by atomic mass is 10.0. The van der Waals surface area contributed by atoms with Crippen molar-refractivity contribution in [3.8, 4) is 16.9 Å². The van der Waals surface area contributed by atoms with Crippen LogP contribution in [0.5, 0.6) is 5.75 Å². The Morgan fingerprint density at radius 2 is 1.59 bits per heavy atom. The van der Waals surface area contributed by atoms with Crippen LogP contribution in [0.15, 0.2) is 79.0 Å². The van der Waals surface area contributed by atoms with E-state index >= 15 is 0 Å². The lowest BCUT2D eigenvalue weighted by Crippen LogP contribution is -2.16. The van der Waals surface area contributed by atoms with Gasteiger partial charge < -0.3 is 14.0 Å². The van der Waals surface area contributed by atoms with Gasteiger partial charge in [-0.2, -0.15) is 0 Å². The number of nitrogens with zero attached hydrogens (tertiary/aromatic N) is 1. The molecule has 4 rings (SSSR count). The van der Waals surface area contributed by atoms with E-state index in [-0.39, 0.29) is 18.1 Å². The Labute approximate surface area is 193 Å². The fraction of sp³-hybridized carbons (Fsp3) is 0.154. The third-order valence-electron chi connectivity index (χ3n) is 5.20. The minimum Gasteiger partial charge on any atom is -0.457 e. The molecular weight excluding hydrogens is 447 g/mol. The molecule has 3 aromatic carbocycles. The lowest BCUT2D eigenvalue weighted by Gasteiger charge is -2.10. The van der Waals surface area contributed by atoms with E-state index in [1.807, 2.05) is 47.0 Å². The van der Waals surface area contributed by atoms with Gasteiger partial charge in [0.15, 0.2) is 6.61 Å². The van der Waals surface area contributed by atoms with Gasteiger partial charge in [0.1, 0.15) is 5.75 Å². The number of halogens is 3. The standard InChI is InChI=1S/C26H20F3NO4/c1-17(31)33-16-25(32)23-15-30(14-18-5-3-2-4-6-18)24-12-9-20(13-22(23)24)19-7-10-21(11-8-19)34-26(27,28)29/h2-13,15H,14,16H2,1H3. The normalized spacial score (nSPS) is 11.4. The van der Waals surface area contributed by atoms with E-state index in [9.17, 15) is 22.8 Å². The van der Waals surface area contributed by atoms with E-state index in [0.29, 0.717) is 28.6 Å². The molecule has 1 heterocycles. The first-order chi connectivity index (χ1) is 16.2. The summed E-state index contributed by atoms with van der Waals surface area (Å²) in [5, 5.41) is 0.654. The van der Waals surface area contributed by atoms with Crippen LogP contribution in [0.25, 0.3) is 22.0 Å². The summed E-state index contributed by atoms with van der Waals surface area (Å²) in [6, 6.07) is 20.7. The highest BCUT2D eigenvalue weighted by Crippen LogP contribution is 2.31. The molecule has 0 bridgehead atoms. The fourth-order valence-corrected chi connectivity index (χ4v) is 3.70. The molecule has 5 nitrogen and oxygen atoms in total. The smallest absolute Gasteiger partial charge is 0.457 e. The number of ether oxygens (including phenoxy) is 2. The summed E-state index contributed by atoms with van der Waals surface area (Å²) in [6.45, 7) is 1.38. The van der Waals surface area contributed by atoms with Crippen LogP contribution in [-0.2, 0) is 16.1 Å². The van der Waals surface area contributed by atoms with Gasteiger partial charge in [0.25, 0.3) is 0 Å². The van der Waals surface area contributed by atoms with E-state index in [2.05, 4.69) is 4.74 Å². The molecule has 0 saturated carbocycles. The molecule has 0 spiro atoms. The number of aromatic nitrogens is 1. The summed E-state index contributed by atoms with van der Waals surface area (Å²) >= 11 is 0. The van der Waals surface area contributed by atoms with E-state index in [4.69, 9.17) is 4.74 Å².